The predicted octanol–water partition coefficient (Wildman–Crippen LogP) is 3.80. The third kappa shape index (κ3) is 3.50. The first-order valence-electron chi connectivity index (χ1n) is 5.74. The molecule has 0 radical (unpaired) electrons. The lowest BCUT2D eigenvalue weighted by Gasteiger charge is -2.14. The van der Waals surface area contributed by atoms with Gasteiger partial charge in [-0.1, -0.05) is 0 Å². The highest BCUT2D eigenvalue weighted by molar-refractivity contribution is 6.04. The van der Waals surface area contributed by atoms with E-state index < -0.39 is 34.9 Å². The maximum absolute atomic E-state index is 12.8. The Balaban J connectivity index is 2.31. The van der Waals surface area contributed by atoms with Gasteiger partial charge in [-0.05, 0) is 42.5 Å². The third-order valence-electron chi connectivity index (χ3n) is 2.66. The predicted molar refractivity (Wildman–Crippen MR) is 67.5 cm³/mol. The van der Waals surface area contributed by atoms with Crippen molar-refractivity contribution in [1.82, 2.24) is 0 Å². The second-order valence-electron chi connectivity index (χ2n) is 4.19. The van der Waals surface area contributed by atoms with Crippen LogP contribution >= 0.6 is 0 Å². The number of hydrogen-bond acceptors (Lipinski definition) is 2. The lowest BCUT2D eigenvalue weighted by atomic mass is 10.1. The summed E-state index contributed by atoms with van der Waals surface area (Å²) in [6, 6.07) is 6.83. The lowest BCUT2D eigenvalue weighted by Crippen LogP contribution is -2.16. The van der Waals surface area contributed by atoms with E-state index in [1.165, 1.54) is 0 Å². The molecule has 0 heterocycles. The summed E-state index contributed by atoms with van der Waals surface area (Å²) in [5, 5.41) is 11.2. The van der Waals surface area contributed by atoms with Gasteiger partial charge in [-0.25, -0.2) is 4.39 Å². The summed E-state index contributed by atoms with van der Waals surface area (Å²) in [7, 11) is 0. The fraction of sp³-hybridized carbons (Fsp3) is 0.0714. The van der Waals surface area contributed by atoms with E-state index in [9.17, 15) is 22.4 Å². The molecule has 21 heavy (non-hydrogen) atoms. The van der Waals surface area contributed by atoms with Gasteiger partial charge in [-0.15, -0.1) is 0 Å². The first-order chi connectivity index (χ1) is 9.77. The molecule has 0 aliphatic rings. The van der Waals surface area contributed by atoms with Crippen molar-refractivity contribution in [3.05, 3.63) is 59.4 Å². The van der Waals surface area contributed by atoms with Crippen LogP contribution in [0, 0.1) is 5.82 Å². The van der Waals surface area contributed by atoms with Gasteiger partial charge in [0.1, 0.15) is 11.6 Å². The van der Waals surface area contributed by atoms with Crippen LogP contribution in [0.2, 0.25) is 0 Å². The van der Waals surface area contributed by atoms with E-state index in [1.807, 2.05) is 0 Å². The Kier molecular flexibility index (Phi) is 3.84. The number of nitrogens with one attached hydrogen (secondary N) is 1. The highest BCUT2D eigenvalue weighted by Gasteiger charge is 2.34. The highest BCUT2D eigenvalue weighted by atomic mass is 19.4. The first-order valence-corrected chi connectivity index (χ1v) is 5.74. The minimum atomic E-state index is -4.73. The molecular formula is C14H9F4NO2. The maximum Gasteiger partial charge on any atom is 0.418 e. The van der Waals surface area contributed by atoms with Crippen molar-refractivity contribution in [3.63, 3.8) is 0 Å². The number of carbonyl (C=O) groups excluding carboxylic acids is 1. The quantitative estimate of drug-likeness (QED) is 0.654. The van der Waals surface area contributed by atoms with Crippen molar-refractivity contribution in [2.24, 2.45) is 0 Å². The number of halogens is 4. The van der Waals surface area contributed by atoms with Gasteiger partial charge in [0.05, 0.1) is 11.3 Å². The van der Waals surface area contributed by atoms with Gasteiger partial charge in [0, 0.05) is 5.56 Å². The summed E-state index contributed by atoms with van der Waals surface area (Å²) in [6.07, 6.45) is -4.73. The molecule has 2 N–H and O–H groups in total. The SMILES string of the molecule is O=C(Nc1ccc(O)cc1C(F)(F)F)c1ccc(F)cc1. The molecule has 2 rings (SSSR count). The van der Waals surface area contributed by atoms with E-state index >= 15 is 0 Å². The zero-order valence-electron chi connectivity index (χ0n) is 10.4. The third-order valence-corrected chi connectivity index (χ3v) is 2.66. The first kappa shape index (κ1) is 14.8. The number of rotatable bonds is 2. The Bertz CT molecular complexity index is 666. The summed E-state index contributed by atoms with van der Waals surface area (Å²) in [6.45, 7) is 0. The van der Waals surface area contributed by atoms with E-state index in [0.29, 0.717) is 6.07 Å². The topological polar surface area (TPSA) is 49.3 Å². The Morgan fingerprint density at radius 1 is 1.05 bits per heavy atom. The van der Waals surface area contributed by atoms with Gasteiger partial charge in [0.25, 0.3) is 5.91 Å². The van der Waals surface area contributed by atoms with Crippen molar-refractivity contribution in [1.29, 1.82) is 0 Å². The molecule has 0 unspecified atom stereocenters. The molecule has 0 aliphatic heterocycles. The zero-order chi connectivity index (χ0) is 15.6. The summed E-state index contributed by atoms with van der Waals surface area (Å²) in [5.41, 5.74) is -1.65. The van der Waals surface area contributed by atoms with Crippen LogP contribution in [0.5, 0.6) is 5.75 Å². The number of anilines is 1. The summed E-state index contributed by atoms with van der Waals surface area (Å²) in [4.78, 5) is 11.8. The fourth-order valence-corrected chi connectivity index (χ4v) is 1.67. The standard InChI is InChI=1S/C14H9F4NO2/c15-9-3-1-8(2-4-9)13(21)19-12-6-5-10(20)7-11(12)14(16,17)18/h1-7,20H,(H,19,21). The van der Waals surface area contributed by atoms with E-state index in [0.717, 1.165) is 36.4 Å². The molecule has 3 nitrogen and oxygen atoms in total. The Labute approximate surface area is 116 Å². The Hall–Kier alpha value is -2.57. The van der Waals surface area contributed by atoms with Gasteiger partial charge >= 0.3 is 6.18 Å². The van der Waals surface area contributed by atoms with Crippen LogP contribution in [0.1, 0.15) is 15.9 Å². The number of amides is 1. The van der Waals surface area contributed by atoms with Crippen LogP contribution < -0.4 is 5.32 Å². The minimum Gasteiger partial charge on any atom is -0.508 e. The molecule has 0 aliphatic carbocycles. The van der Waals surface area contributed by atoms with Gasteiger partial charge in [-0.3, -0.25) is 4.79 Å². The normalized spacial score (nSPS) is 11.2. The van der Waals surface area contributed by atoms with Crippen molar-refractivity contribution in [3.8, 4) is 5.75 Å². The van der Waals surface area contributed by atoms with Crippen LogP contribution in [-0.2, 0) is 6.18 Å². The molecule has 0 aromatic heterocycles. The molecule has 0 spiro atoms. The Morgan fingerprint density at radius 2 is 1.67 bits per heavy atom. The molecule has 2 aromatic rings. The van der Waals surface area contributed by atoms with Crippen molar-refractivity contribution >= 4 is 11.6 Å². The molecule has 0 atom stereocenters. The minimum absolute atomic E-state index is 0.0117. The van der Waals surface area contributed by atoms with Crippen molar-refractivity contribution in [2.45, 2.75) is 6.18 Å². The summed E-state index contributed by atoms with van der Waals surface area (Å²) >= 11 is 0. The molecule has 0 saturated heterocycles. The molecule has 0 fully saturated rings. The Morgan fingerprint density at radius 3 is 2.24 bits per heavy atom. The van der Waals surface area contributed by atoms with Gasteiger partial charge in [0.15, 0.2) is 0 Å². The monoisotopic (exact) mass is 299 g/mol. The second-order valence-corrected chi connectivity index (χ2v) is 4.19. The van der Waals surface area contributed by atoms with Crippen LogP contribution in [0.3, 0.4) is 0 Å². The number of benzene rings is 2. The highest BCUT2D eigenvalue weighted by Crippen LogP contribution is 2.37. The van der Waals surface area contributed by atoms with Crippen LogP contribution in [0.15, 0.2) is 42.5 Å². The maximum atomic E-state index is 12.8. The molecular weight excluding hydrogens is 290 g/mol. The zero-order valence-corrected chi connectivity index (χ0v) is 10.4. The number of carbonyl (C=O) groups is 1. The average molecular weight is 299 g/mol. The van der Waals surface area contributed by atoms with E-state index in [1.54, 1.807) is 0 Å². The number of alkyl halides is 3. The smallest absolute Gasteiger partial charge is 0.418 e. The van der Waals surface area contributed by atoms with E-state index in [-0.39, 0.29) is 5.56 Å². The number of aromatic hydroxyl groups is 1. The van der Waals surface area contributed by atoms with Crippen LogP contribution in [-0.4, -0.2) is 11.0 Å². The molecule has 0 bridgehead atoms. The van der Waals surface area contributed by atoms with Crippen LogP contribution in [0.25, 0.3) is 0 Å². The summed E-state index contributed by atoms with van der Waals surface area (Å²) in [5.74, 6) is -1.94. The second kappa shape index (κ2) is 5.43. The van der Waals surface area contributed by atoms with E-state index in [4.69, 9.17) is 5.11 Å². The van der Waals surface area contributed by atoms with Gasteiger partial charge < -0.3 is 10.4 Å². The van der Waals surface area contributed by atoms with Gasteiger partial charge in [-0.2, -0.15) is 13.2 Å². The lowest BCUT2D eigenvalue weighted by molar-refractivity contribution is -0.137. The molecule has 1 amide bonds. The fourth-order valence-electron chi connectivity index (χ4n) is 1.67. The van der Waals surface area contributed by atoms with Crippen molar-refractivity contribution in [2.75, 3.05) is 5.32 Å². The largest absolute Gasteiger partial charge is 0.508 e. The number of phenols is 1. The molecule has 2 aromatic carbocycles. The van der Waals surface area contributed by atoms with Crippen molar-refractivity contribution < 1.29 is 27.5 Å². The van der Waals surface area contributed by atoms with Gasteiger partial charge in [0.2, 0.25) is 0 Å². The average Bonchev–Trinajstić information content (AvgIpc) is 2.40. The number of hydrogen-bond donors (Lipinski definition) is 2. The summed E-state index contributed by atoms with van der Waals surface area (Å²) < 4.78 is 51.2. The number of phenolic OH excluding ortho intramolecular Hbond substituents is 1. The molecule has 110 valence electrons. The van der Waals surface area contributed by atoms with Crippen LogP contribution in [0.4, 0.5) is 23.2 Å². The molecule has 0 saturated carbocycles. The molecule has 7 heteroatoms. The van der Waals surface area contributed by atoms with E-state index in [2.05, 4.69) is 5.32 Å².